The third kappa shape index (κ3) is 7.67. The second-order valence-corrected chi connectivity index (χ2v) is 13.2. The van der Waals surface area contributed by atoms with Crippen LogP contribution in [0.25, 0.3) is 22.0 Å². The number of halogens is 1. The maximum atomic E-state index is 14.1. The molecule has 41 heavy (non-hydrogen) atoms. The summed E-state index contributed by atoms with van der Waals surface area (Å²) in [4.78, 5) is 16.6. The highest BCUT2D eigenvalue weighted by molar-refractivity contribution is 7.90. The number of fused-ring (bicyclic) bond motifs is 1. The van der Waals surface area contributed by atoms with Crippen LogP contribution in [0.15, 0.2) is 60.9 Å². The zero-order chi connectivity index (χ0) is 29.7. The van der Waals surface area contributed by atoms with E-state index in [0.29, 0.717) is 17.9 Å². The number of carbonyl (C=O) groups is 1. The van der Waals surface area contributed by atoms with E-state index in [2.05, 4.69) is 52.5 Å². The smallest absolute Gasteiger partial charge is 0.310 e. The van der Waals surface area contributed by atoms with Crippen molar-refractivity contribution < 1.29 is 23.2 Å². The van der Waals surface area contributed by atoms with Gasteiger partial charge in [-0.2, -0.15) is 0 Å². The Bertz CT molecular complexity index is 1510. The Labute approximate surface area is 244 Å². The third-order valence-corrected chi connectivity index (χ3v) is 8.10. The Morgan fingerprint density at radius 2 is 1.93 bits per heavy atom. The number of ether oxygens (including phenoxy) is 2. The van der Waals surface area contributed by atoms with Crippen LogP contribution in [0, 0.1) is 5.82 Å². The molecular weight excluding hydrogens is 541 g/mol. The zero-order valence-electron chi connectivity index (χ0n) is 24.5. The summed E-state index contributed by atoms with van der Waals surface area (Å²) >= 11 is -1.21. The molecule has 2 aromatic carbocycles. The lowest BCUT2D eigenvalue weighted by atomic mass is 9.99. The second-order valence-electron chi connectivity index (χ2n) is 11.2. The number of aromatic nitrogens is 2. The van der Waals surface area contributed by atoms with Gasteiger partial charge in [0.05, 0.1) is 25.3 Å². The standard InChI is InChI=1S/C32H38FN3O4S/c1-7-39-31(37)17-24-8-9-25(33)18-30(24)40-20-22-14-28(27-11-13-36(21(2)3)29(27)15-22)23-10-12-34-26(16-23)19-35-41(38)32(4,5)6/h8-16,18,21,35H,7,17,19-20H2,1-6H3. The van der Waals surface area contributed by atoms with Crippen molar-refractivity contribution >= 4 is 28.2 Å². The highest BCUT2D eigenvalue weighted by Gasteiger charge is 2.26. The van der Waals surface area contributed by atoms with Gasteiger partial charge in [0.2, 0.25) is 0 Å². The lowest BCUT2D eigenvalue weighted by molar-refractivity contribution is -0.142. The molecule has 218 valence electrons. The van der Waals surface area contributed by atoms with E-state index in [1.165, 1.54) is 12.1 Å². The highest BCUT2D eigenvalue weighted by atomic mass is 32.2. The molecule has 9 heteroatoms. The molecule has 4 aromatic rings. The predicted octanol–water partition coefficient (Wildman–Crippen LogP) is 6.66. The fraction of sp³-hybridized carbons (Fsp3) is 0.375. The monoisotopic (exact) mass is 579 g/mol. The van der Waals surface area contributed by atoms with Gasteiger partial charge in [-0.05, 0) is 94.6 Å². The minimum absolute atomic E-state index is 0.00221. The van der Waals surface area contributed by atoms with Gasteiger partial charge in [0, 0.05) is 52.3 Å². The number of carbonyl (C=O) groups excluding carboxylic acids is 1. The first-order valence-electron chi connectivity index (χ1n) is 13.8. The van der Waals surface area contributed by atoms with Gasteiger partial charge >= 0.3 is 5.97 Å². The number of nitrogens with one attached hydrogen (secondary N) is 1. The predicted molar refractivity (Wildman–Crippen MR) is 161 cm³/mol. The lowest BCUT2D eigenvalue weighted by Gasteiger charge is -2.23. The van der Waals surface area contributed by atoms with Crippen molar-refractivity contribution in [2.45, 2.75) is 71.9 Å². The molecule has 7 nitrogen and oxygen atoms in total. The van der Waals surface area contributed by atoms with Crippen molar-refractivity contribution in [1.82, 2.24) is 14.3 Å². The van der Waals surface area contributed by atoms with Gasteiger partial charge in [0.1, 0.15) is 22.9 Å². The number of hydrogen-bond acceptors (Lipinski definition) is 6. The summed E-state index contributed by atoms with van der Waals surface area (Å²) in [5, 5.41) is 1.08. The topological polar surface area (TPSA) is 88.4 Å². The van der Waals surface area contributed by atoms with Gasteiger partial charge in [0.25, 0.3) is 0 Å². The van der Waals surface area contributed by atoms with Gasteiger partial charge in [-0.15, -0.1) is 4.72 Å². The molecule has 0 aliphatic heterocycles. The summed E-state index contributed by atoms with van der Waals surface area (Å²) in [6, 6.07) is 14.6. The summed E-state index contributed by atoms with van der Waals surface area (Å²) in [5.41, 5.74) is 5.27. The molecule has 0 aliphatic carbocycles. The van der Waals surface area contributed by atoms with E-state index in [1.54, 1.807) is 19.2 Å². The Morgan fingerprint density at radius 3 is 2.63 bits per heavy atom. The fourth-order valence-electron chi connectivity index (χ4n) is 4.53. The Morgan fingerprint density at radius 1 is 1.15 bits per heavy atom. The van der Waals surface area contributed by atoms with E-state index in [9.17, 15) is 13.7 Å². The molecule has 1 N–H and O–H groups in total. The first-order valence-corrected chi connectivity index (χ1v) is 14.9. The van der Waals surface area contributed by atoms with Crippen molar-refractivity contribution in [2.75, 3.05) is 6.61 Å². The molecule has 4 rings (SSSR count). The van der Waals surface area contributed by atoms with Crippen LogP contribution in [-0.2, 0) is 40.5 Å². The first-order chi connectivity index (χ1) is 19.5. The molecule has 0 bridgehead atoms. The normalized spacial score (nSPS) is 12.6. The van der Waals surface area contributed by atoms with Crippen LogP contribution in [-0.4, -0.2) is 31.4 Å². The van der Waals surface area contributed by atoms with Crippen LogP contribution in [0.4, 0.5) is 4.39 Å². The van der Waals surface area contributed by atoms with E-state index >= 15 is 0 Å². The summed E-state index contributed by atoms with van der Waals surface area (Å²) in [6.07, 6.45) is 3.83. The quantitative estimate of drug-likeness (QED) is 0.158. The molecule has 1 unspecified atom stereocenters. The van der Waals surface area contributed by atoms with Crippen molar-refractivity contribution in [1.29, 1.82) is 0 Å². The summed E-state index contributed by atoms with van der Waals surface area (Å²) in [7, 11) is 0. The van der Waals surface area contributed by atoms with Crippen molar-refractivity contribution in [3.63, 3.8) is 0 Å². The molecule has 0 saturated heterocycles. The van der Waals surface area contributed by atoms with Crippen molar-refractivity contribution in [3.8, 4) is 16.9 Å². The minimum Gasteiger partial charge on any atom is -0.598 e. The maximum Gasteiger partial charge on any atom is 0.310 e. The zero-order valence-corrected chi connectivity index (χ0v) is 25.3. The summed E-state index contributed by atoms with van der Waals surface area (Å²) in [5.74, 6) is -0.525. The average molecular weight is 580 g/mol. The Balaban J connectivity index is 1.67. The molecular formula is C32H38FN3O4S. The molecule has 0 radical (unpaired) electrons. The maximum absolute atomic E-state index is 14.1. The van der Waals surface area contributed by atoms with E-state index in [-0.39, 0.29) is 30.4 Å². The molecule has 0 amide bonds. The number of rotatable bonds is 11. The van der Waals surface area contributed by atoms with Crippen molar-refractivity contribution in [3.05, 3.63) is 83.6 Å². The highest BCUT2D eigenvalue weighted by Crippen LogP contribution is 2.33. The molecule has 0 spiro atoms. The van der Waals surface area contributed by atoms with E-state index < -0.39 is 23.1 Å². The fourth-order valence-corrected chi connectivity index (χ4v) is 5.24. The Kier molecular flexibility index (Phi) is 9.73. The van der Waals surface area contributed by atoms with Gasteiger partial charge in [-0.25, -0.2) is 4.39 Å². The van der Waals surface area contributed by atoms with Crippen LogP contribution in [0.2, 0.25) is 0 Å². The molecule has 2 heterocycles. The van der Waals surface area contributed by atoms with Crippen molar-refractivity contribution in [2.24, 2.45) is 0 Å². The molecule has 0 aliphatic rings. The minimum atomic E-state index is -1.21. The van der Waals surface area contributed by atoms with Gasteiger partial charge in [0.15, 0.2) is 0 Å². The van der Waals surface area contributed by atoms with Gasteiger partial charge < -0.3 is 18.6 Å². The van der Waals surface area contributed by atoms with E-state index in [0.717, 1.165) is 33.3 Å². The average Bonchev–Trinajstić information content (AvgIpc) is 3.35. The van der Waals surface area contributed by atoms with Gasteiger partial charge in [-0.1, -0.05) is 6.07 Å². The molecule has 2 aromatic heterocycles. The number of benzene rings is 2. The number of pyridine rings is 1. The third-order valence-electron chi connectivity index (χ3n) is 6.59. The lowest BCUT2D eigenvalue weighted by Crippen LogP contribution is -2.39. The Hall–Kier alpha value is -3.40. The number of hydrogen-bond donors (Lipinski definition) is 1. The second kappa shape index (κ2) is 13.1. The SMILES string of the molecule is CCOC(=O)Cc1ccc(F)cc1OCc1cc(-c2ccnc(CN[S+]([O-])C(C)(C)C)c2)c2ccn(C(C)C)c2c1. The van der Waals surface area contributed by atoms with E-state index in [1.807, 2.05) is 32.9 Å². The summed E-state index contributed by atoms with van der Waals surface area (Å²) < 4.78 is 42.7. The number of esters is 1. The largest absolute Gasteiger partial charge is 0.598 e. The molecule has 0 saturated carbocycles. The van der Waals surface area contributed by atoms with E-state index in [4.69, 9.17) is 9.47 Å². The van der Waals surface area contributed by atoms with Crippen LogP contribution in [0.5, 0.6) is 5.75 Å². The van der Waals surface area contributed by atoms with Crippen LogP contribution < -0.4 is 9.46 Å². The number of nitrogens with zero attached hydrogens (tertiary/aromatic N) is 2. The van der Waals surface area contributed by atoms with Crippen LogP contribution in [0.3, 0.4) is 0 Å². The van der Waals surface area contributed by atoms with Crippen LogP contribution in [0.1, 0.15) is 64.4 Å². The summed E-state index contributed by atoms with van der Waals surface area (Å²) in [6.45, 7) is 12.6. The molecule has 0 fully saturated rings. The first kappa shape index (κ1) is 30.6. The van der Waals surface area contributed by atoms with Crippen LogP contribution >= 0.6 is 0 Å². The molecule has 1 atom stereocenters. The van der Waals surface area contributed by atoms with Gasteiger partial charge in [-0.3, -0.25) is 9.78 Å².